The van der Waals surface area contributed by atoms with Gasteiger partial charge in [-0.1, -0.05) is 35.9 Å². The van der Waals surface area contributed by atoms with Gasteiger partial charge in [0.15, 0.2) is 0 Å². The molecule has 3 aromatic rings. The Morgan fingerprint density at radius 1 is 1.05 bits per heavy atom. The standard InChI is InChI=1S/C16H11ClFNO/c17-13-6-5-11(8-14(13)18)16(20)12-7-10-3-1-2-4-15(10)19-9-12/h1-9,16,20H. The van der Waals surface area contributed by atoms with Crippen molar-refractivity contribution in [2.75, 3.05) is 0 Å². The van der Waals surface area contributed by atoms with Gasteiger partial charge in [0.2, 0.25) is 0 Å². The SMILES string of the molecule is OC(c1ccc(Cl)c(F)c1)c1cnc2ccccc2c1. The van der Waals surface area contributed by atoms with Gasteiger partial charge in [-0.05, 0) is 29.8 Å². The summed E-state index contributed by atoms with van der Waals surface area (Å²) >= 11 is 5.64. The van der Waals surface area contributed by atoms with Gasteiger partial charge in [0.05, 0.1) is 10.5 Å². The number of benzene rings is 2. The highest BCUT2D eigenvalue weighted by Gasteiger charge is 2.13. The molecule has 2 nitrogen and oxygen atoms in total. The van der Waals surface area contributed by atoms with Crippen molar-refractivity contribution in [1.29, 1.82) is 0 Å². The van der Waals surface area contributed by atoms with Gasteiger partial charge in [-0.15, -0.1) is 0 Å². The molecule has 0 bridgehead atoms. The lowest BCUT2D eigenvalue weighted by Crippen LogP contribution is -2.01. The van der Waals surface area contributed by atoms with Crippen LogP contribution in [-0.2, 0) is 0 Å². The van der Waals surface area contributed by atoms with Gasteiger partial charge in [-0.2, -0.15) is 0 Å². The van der Waals surface area contributed by atoms with Crippen molar-refractivity contribution in [3.63, 3.8) is 0 Å². The number of pyridine rings is 1. The number of nitrogens with zero attached hydrogens (tertiary/aromatic N) is 1. The first kappa shape index (κ1) is 13.0. The summed E-state index contributed by atoms with van der Waals surface area (Å²) < 4.78 is 13.4. The molecular formula is C16H11ClFNO. The molecule has 100 valence electrons. The maximum absolute atomic E-state index is 13.4. The van der Waals surface area contributed by atoms with Crippen LogP contribution in [0, 0.1) is 5.82 Å². The third-order valence-electron chi connectivity index (χ3n) is 3.19. The van der Waals surface area contributed by atoms with Crippen LogP contribution in [0.2, 0.25) is 5.02 Å². The Kier molecular flexibility index (Phi) is 3.38. The zero-order valence-electron chi connectivity index (χ0n) is 10.4. The third kappa shape index (κ3) is 2.38. The Morgan fingerprint density at radius 3 is 2.65 bits per heavy atom. The number of aromatic nitrogens is 1. The molecule has 0 amide bonds. The molecule has 1 aromatic heterocycles. The van der Waals surface area contributed by atoms with Crippen LogP contribution in [-0.4, -0.2) is 10.1 Å². The van der Waals surface area contributed by atoms with Crippen molar-refractivity contribution >= 4 is 22.5 Å². The minimum absolute atomic E-state index is 0.0394. The Balaban J connectivity index is 2.02. The van der Waals surface area contributed by atoms with Crippen LogP contribution in [0.15, 0.2) is 54.7 Å². The fourth-order valence-electron chi connectivity index (χ4n) is 2.11. The number of fused-ring (bicyclic) bond motifs is 1. The van der Waals surface area contributed by atoms with Gasteiger partial charge < -0.3 is 5.11 Å². The first-order valence-corrected chi connectivity index (χ1v) is 6.50. The van der Waals surface area contributed by atoms with Crippen molar-refractivity contribution in [3.8, 4) is 0 Å². The summed E-state index contributed by atoms with van der Waals surface area (Å²) in [5.74, 6) is -0.544. The molecule has 1 heterocycles. The average molecular weight is 288 g/mol. The molecule has 0 spiro atoms. The normalized spacial score (nSPS) is 12.6. The van der Waals surface area contributed by atoms with E-state index in [4.69, 9.17) is 11.6 Å². The van der Waals surface area contributed by atoms with E-state index < -0.39 is 11.9 Å². The molecule has 0 saturated heterocycles. The quantitative estimate of drug-likeness (QED) is 0.769. The van der Waals surface area contributed by atoms with E-state index >= 15 is 0 Å². The fraction of sp³-hybridized carbons (Fsp3) is 0.0625. The second kappa shape index (κ2) is 5.19. The Morgan fingerprint density at radius 2 is 1.85 bits per heavy atom. The minimum atomic E-state index is -0.932. The number of aliphatic hydroxyl groups excluding tert-OH is 1. The van der Waals surface area contributed by atoms with Crippen molar-refractivity contribution < 1.29 is 9.50 Å². The first-order valence-electron chi connectivity index (χ1n) is 6.13. The molecule has 1 atom stereocenters. The van der Waals surface area contributed by atoms with Crippen LogP contribution in [0.4, 0.5) is 4.39 Å². The number of aliphatic hydroxyl groups is 1. The molecule has 1 unspecified atom stereocenters. The molecule has 0 aliphatic rings. The highest BCUT2D eigenvalue weighted by molar-refractivity contribution is 6.30. The van der Waals surface area contributed by atoms with Gasteiger partial charge in [-0.25, -0.2) is 4.39 Å². The van der Waals surface area contributed by atoms with Gasteiger partial charge in [0, 0.05) is 17.1 Å². The molecule has 3 rings (SSSR count). The van der Waals surface area contributed by atoms with Crippen molar-refractivity contribution in [2.24, 2.45) is 0 Å². The first-order chi connectivity index (χ1) is 9.65. The molecule has 20 heavy (non-hydrogen) atoms. The van der Waals surface area contributed by atoms with Crippen LogP contribution in [0.25, 0.3) is 10.9 Å². The molecule has 0 fully saturated rings. The van der Waals surface area contributed by atoms with Crippen LogP contribution in [0.5, 0.6) is 0 Å². The Labute approximate surface area is 120 Å². The van der Waals surface area contributed by atoms with Crippen molar-refractivity contribution in [1.82, 2.24) is 4.98 Å². The van der Waals surface area contributed by atoms with E-state index in [1.54, 1.807) is 12.3 Å². The van der Waals surface area contributed by atoms with Gasteiger partial charge in [0.1, 0.15) is 11.9 Å². The smallest absolute Gasteiger partial charge is 0.142 e. The predicted octanol–water partition coefficient (Wildman–Crippen LogP) is 4.11. The molecule has 0 saturated carbocycles. The maximum Gasteiger partial charge on any atom is 0.142 e. The summed E-state index contributed by atoms with van der Waals surface area (Å²) in [5, 5.41) is 11.3. The second-order valence-corrected chi connectivity index (χ2v) is 4.94. The Bertz CT molecular complexity index is 775. The highest BCUT2D eigenvalue weighted by Crippen LogP contribution is 2.26. The zero-order chi connectivity index (χ0) is 14.1. The lowest BCUT2D eigenvalue weighted by atomic mass is 10.0. The van der Waals surface area contributed by atoms with E-state index in [1.165, 1.54) is 12.1 Å². The number of para-hydroxylation sites is 1. The monoisotopic (exact) mass is 287 g/mol. The Hall–Kier alpha value is -1.97. The summed E-state index contributed by atoms with van der Waals surface area (Å²) in [6.07, 6.45) is 0.665. The average Bonchev–Trinajstić information content (AvgIpc) is 2.49. The van der Waals surface area contributed by atoms with E-state index in [1.807, 2.05) is 30.3 Å². The lowest BCUT2D eigenvalue weighted by Gasteiger charge is -2.12. The summed E-state index contributed by atoms with van der Waals surface area (Å²) in [6.45, 7) is 0. The number of hydrogen-bond donors (Lipinski definition) is 1. The van der Waals surface area contributed by atoms with E-state index in [-0.39, 0.29) is 5.02 Å². The highest BCUT2D eigenvalue weighted by atomic mass is 35.5. The molecule has 0 radical (unpaired) electrons. The number of hydrogen-bond acceptors (Lipinski definition) is 2. The maximum atomic E-state index is 13.4. The lowest BCUT2D eigenvalue weighted by molar-refractivity contribution is 0.219. The van der Waals surface area contributed by atoms with E-state index in [2.05, 4.69) is 4.98 Å². The van der Waals surface area contributed by atoms with Crippen LogP contribution < -0.4 is 0 Å². The largest absolute Gasteiger partial charge is 0.384 e. The van der Waals surface area contributed by atoms with Crippen molar-refractivity contribution in [3.05, 3.63) is 76.7 Å². The van der Waals surface area contributed by atoms with Crippen molar-refractivity contribution in [2.45, 2.75) is 6.10 Å². The van der Waals surface area contributed by atoms with Crippen LogP contribution in [0.1, 0.15) is 17.2 Å². The van der Waals surface area contributed by atoms with E-state index in [9.17, 15) is 9.50 Å². The van der Waals surface area contributed by atoms with Gasteiger partial charge >= 0.3 is 0 Å². The molecule has 2 aromatic carbocycles. The van der Waals surface area contributed by atoms with Gasteiger partial charge in [0.25, 0.3) is 0 Å². The number of rotatable bonds is 2. The predicted molar refractivity (Wildman–Crippen MR) is 77.2 cm³/mol. The zero-order valence-corrected chi connectivity index (χ0v) is 11.2. The van der Waals surface area contributed by atoms with E-state index in [0.29, 0.717) is 11.1 Å². The summed E-state index contributed by atoms with van der Waals surface area (Å²) in [6, 6.07) is 13.7. The van der Waals surface area contributed by atoms with Crippen LogP contribution >= 0.6 is 11.6 Å². The number of halogens is 2. The fourth-order valence-corrected chi connectivity index (χ4v) is 2.23. The molecular weight excluding hydrogens is 277 g/mol. The minimum Gasteiger partial charge on any atom is -0.384 e. The molecule has 0 aliphatic heterocycles. The van der Waals surface area contributed by atoms with Gasteiger partial charge in [-0.3, -0.25) is 4.98 Å². The van der Waals surface area contributed by atoms with E-state index in [0.717, 1.165) is 10.9 Å². The molecule has 0 aliphatic carbocycles. The summed E-state index contributed by atoms with van der Waals surface area (Å²) in [7, 11) is 0. The molecule has 1 N–H and O–H groups in total. The summed E-state index contributed by atoms with van der Waals surface area (Å²) in [5.41, 5.74) is 1.92. The molecule has 4 heteroatoms. The third-order valence-corrected chi connectivity index (χ3v) is 3.49. The van der Waals surface area contributed by atoms with Crippen LogP contribution in [0.3, 0.4) is 0 Å². The second-order valence-electron chi connectivity index (χ2n) is 4.54. The summed E-state index contributed by atoms with van der Waals surface area (Å²) in [4.78, 5) is 4.29. The topological polar surface area (TPSA) is 33.1 Å².